The molecule has 0 unspecified atom stereocenters. The van der Waals surface area contributed by atoms with Crippen LogP contribution in [-0.4, -0.2) is 16.0 Å². The molecule has 5 heteroatoms. The molecule has 4 nitrogen and oxygen atoms in total. The van der Waals surface area contributed by atoms with Crippen molar-refractivity contribution in [3.05, 3.63) is 53.2 Å². The topological polar surface area (TPSA) is 71.5 Å². The van der Waals surface area contributed by atoms with E-state index in [9.17, 15) is 0 Å². The first-order valence-corrected chi connectivity index (χ1v) is 6.61. The highest BCUT2D eigenvalue weighted by Gasteiger charge is 2.10. The molecule has 0 fully saturated rings. The fraction of sp³-hybridized carbons (Fsp3) is 0.143. The lowest BCUT2D eigenvalue weighted by molar-refractivity contribution is 0.318. The van der Waals surface area contributed by atoms with Gasteiger partial charge < -0.3 is 10.9 Å². The summed E-state index contributed by atoms with van der Waals surface area (Å²) in [4.78, 5) is 5.41. The number of oxime groups is 1. The van der Waals surface area contributed by atoms with Crippen molar-refractivity contribution in [1.29, 1.82) is 0 Å². The summed E-state index contributed by atoms with van der Waals surface area (Å²) < 4.78 is 0. The zero-order valence-corrected chi connectivity index (χ0v) is 11.6. The number of rotatable bonds is 3. The van der Waals surface area contributed by atoms with Crippen LogP contribution in [0.15, 0.2) is 51.6 Å². The first-order chi connectivity index (χ1) is 9.11. The Bertz CT molecular complexity index is 626. The summed E-state index contributed by atoms with van der Waals surface area (Å²) in [6, 6.07) is 9.78. The van der Waals surface area contributed by atoms with E-state index in [1.165, 1.54) is 22.9 Å². The van der Waals surface area contributed by atoms with Gasteiger partial charge >= 0.3 is 0 Å². The van der Waals surface area contributed by atoms with E-state index in [1.54, 1.807) is 18.3 Å². The second-order valence-electron chi connectivity index (χ2n) is 4.21. The van der Waals surface area contributed by atoms with Crippen molar-refractivity contribution in [3.63, 3.8) is 0 Å². The van der Waals surface area contributed by atoms with Gasteiger partial charge in [-0.05, 0) is 37.6 Å². The molecule has 19 heavy (non-hydrogen) atoms. The van der Waals surface area contributed by atoms with Crippen molar-refractivity contribution in [2.45, 2.75) is 23.8 Å². The number of hydrogen-bond donors (Lipinski definition) is 2. The summed E-state index contributed by atoms with van der Waals surface area (Å²) in [5.74, 6) is 0.0698. The predicted molar refractivity (Wildman–Crippen MR) is 76.8 cm³/mol. The molecule has 0 atom stereocenters. The van der Waals surface area contributed by atoms with E-state index >= 15 is 0 Å². The van der Waals surface area contributed by atoms with Crippen LogP contribution in [0.2, 0.25) is 0 Å². The van der Waals surface area contributed by atoms with E-state index in [2.05, 4.69) is 42.2 Å². The normalized spacial score (nSPS) is 11.6. The Balaban J connectivity index is 2.38. The van der Waals surface area contributed by atoms with E-state index in [0.29, 0.717) is 5.56 Å². The summed E-state index contributed by atoms with van der Waals surface area (Å²) >= 11 is 1.51. The molecule has 0 saturated carbocycles. The molecule has 0 aliphatic carbocycles. The maximum atomic E-state index is 8.80. The van der Waals surface area contributed by atoms with Gasteiger partial charge in [-0.25, -0.2) is 4.98 Å². The van der Waals surface area contributed by atoms with Crippen LogP contribution in [0, 0.1) is 13.8 Å². The number of hydrogen-bond acceptors (Lipinski definition) is 4. The second-order valence-corrected chi connectivity index (χ2v) is 5.24. The number of nitrogens with zero attached hydrogens (tertiary/aromatic N) is 2. The molecule has 1 aromatic carbocycles. The van der Waals surface area contributed by atoms with Gasteiger partial charge in [0.1, 0.15) is 5.03 Å². The van der Waals surface area contributed by atoms with E-state index in [1.807, 2.05) is 0 Å². The summed E-state index contributed by atoms with van der Waals surface area (Å²) in [6.07, 6.45) is 1.69. The lowest BCUT2D eigenvalue weighted by Crippen LogP contribution is -2.14. The minimum absolute atomic E-state index is 0.0698. The van der Waals surface area contributed by atoms with Crippen LogP contribution in [-0.2, 0) is 0 Å². The van der Waals surface area contributed by atoms with Crippen molar-refractivity contribution in [2.24, 2.45) is 10.9 Å². The lowest BCUT2D eigenvalue weighted by Gasteiger charge is -2.09. The largest absolute Gasteiger partial charge is 0.409 e. The summed E-state index contributed by atoms with van der Waals surface area (Å²) in [5, 5.41) is 12.6. The number of aromatic nitrogens is 1. The van der Waals surface area contributed by atoms with Gasteiger partial charge in [-0.15, -0.1) is 0 Å². The first kappa shape index (κ1) is 13.4. The molecule has 3 N–H and O–H groups in total. The highest BCUT2D eigenvalue weighted by Crippen LogP contribution is 2.31. The number of pyridine rings is 1. The quantitative estimate of drug-likeness (QED) is 0.390. The second kappa shape index (κ2) is 5.75. The SMILES string of the molecule is Cc1ccc(Sc2ncccc2/C(N)=N/O)c(C)c1. The Labute approximate surface area is 116 Å². The van der Waals surface area contributed by atoms with Crippen LogP contribution in [0.25, 0.3) is 0 Å². The van der Waals surface area contributed by atoms with E-state index in [4.69, 9.17) is 10.9 Å². The molecule has 0 amide bonds. The van der Waals surface area contributed by atoms with Crippen molar-refractivity contribution in [3.8, 4) is 0 Å². The molecule has 0 spiro atoms. The lowest BCUT2D eigenvalue weighted by atomic mass is 10.2. The Hall–Kier alpha value is -2.01. The van der Waals surface area contributed by atoms with Crippen molar-refractivity contribution >= 4 is 17.6 Å². The Kier molecular flexibility index (Phi) is 4.06. The average molecular weight is 273 g/mol. The zero-order valence-electron chi connectivity index (χ0n) is 10.8. The van der Waals surface area contributed by atoms with Crippen LogP contribution in [0.1, 0.15) is 16.7 Å². The highest BCUT2D eigenvalue weighted by atomic mass is 32.2. The molecule has 2 aromatic rings. The zero-order chi connectivity index (χ0) is 13.8. The maximum Gasteiger partial charge on any atom is 0.172 e. The Morgan fingerprint density at radius 1 is 1.32 bits per heavy atom. The van der Waals surface area contributed by atoms with Crippen LogP contribution < -0.4 is 5.73 Å². The van der Waals surface area contributed by atoms with Crippen molar-refractivity contribution in [1.82, 2.24) is 4.98 Å². The number of benzene rings is 1. The molecule has 0 saturated heterocycles. The summed E-state index contributed by atoms with van der Waals surface area (Å²) in [5.41, 5.74) is 8.70. The standard InChI is InChI=1S/C14H15N3OS/c1-9-5-6-12(10(2)8-9)19-14-11(13(15)17-18)4-3-7-16-14/h3-8,18H,1-2H3,(H2,15,17). The number of amidine groups is 1. The van der Waals surface area contributed by atoms with Gasteiger partial charge in [-0.2, -0.15) is 0 Å². The summed E-state index contributed by atoms with van der Waals surface area (Å²) in [6.45, 7) is 4.12. The van der Waals surface area contributed by atoms with Crippen LogP contribution >= 0.6 is 11.8 Å². The van der Waals surface area contributed by atoms with Gasteiger partial charge in [-0.1, -0.05) is 34.6 Å². The fourth-order valence-corrected chi connectivity index (χ4v) is 2.70. The first-order valence-electron chi connectivity index (χ1n) is 5.80. The molecule has 98 valence electrons. The van der Waals surface area contributed by atoms with Crippen LogP contribution in [0.5, 0.6) is 0 Å². The van der Waals surface area contributed by atoms with Crippen molar-refractivity contribution in [2.75, 3.05) is 0 Å². The van der Waals surface area contributed by atoms with E-state index in [-0.39, 0.29) is 5.84 Å². The molecule has 0 aliphatic rings. The molecule has 0 radical (unpaired) electrons. The molecule has 2 rings (SSSR count). The fourth-order valence-electron chi connectivity index (χ4n) is 1.74. The summed E-state index contributed by atoms with van der Waals surface area (Å²) in [7, 11) is 0. The molecule has 0 bridgehead atoms. The maximum absolute atomic E-state index is 8.80. The predicted octanol–water partition coefficient (Wildman–Crippen LogP) is 2.94. The third-order valence-corrected chi connectivity index (χ3v) is 3.89. The minimum Gasteiger partial charge on any atom is -0.409 e. The average Bonchev–Trinajstić information content (AvgIpc) is 2.41. The minimum atomic E-state index is 0.0698. The van der Waals surface area contributed by atoms with Gasteiger partial charge in [0.05, 0.1) is 5.56 Å². The van der Waals surface area contributed by atoms with E-state index < -0.39 is 0 Å². The molecule has 0 aliphatic heterocycles. The van der Waals surface area contributed by atoms with Crippen molar-refractivity contribution < 1.29 is 5.21 Å². The van der Waals surface area contributed by atoms with Crippen LogP contribution in [0.3, 0.4) is 0 Å². The Morgan fingerprint density at radius 2 is 2.11 bits per heavy atom. The van der Waals surface area contributed by atoms with Gasteiger partial charge in [-0.3, -0.25) is 0 Å². The molecule has 1 aromatic heterocycles. The van der Waals surface area contributed by atoms with Gasteiger partial charge in [0.2, 0.25) is 0 Å². The van der Waals surface area contributed by atoms with Crippen LogP contribution in [0.4, 0.5) is 0 Å². The third-order valence-electron chi connectivity index (χ3n) is 2.69. The smallest absolute Gasteiger partial charge is 0.172 e. The highest BCUT2D eigenvalue weighted by molar-refractivity contribution is 7.99. The van der Waals surface area contributed by atoms with Gasteiger partial charge in [0.25, 0.3) is 0 Å². The monoisotopic (exact) mass is 273 g/mol. The van der Waals surface area contributed by atoms with E-state index in [0.717, 1.165) is 9.92 Å². The van der Waals surface area contributed by atoms with Gasteiger partial charge in [0, 0.05) is 11.1 Å². The molecule has 1 heterocycles. The molecular weight excluding hydrogens is 258 g/mol. The third kappa shape index (κ3) is 3.06. The molecular formula is C14H15N3OS. The van der Waals surface area contributed by atoms with Gasteiger partial charge in [0.15, 0.2) is 5.84 Å². The Morgan fingerprint density at radius 3 is 2.79 bits per heavy atom. The number of aryl methyl sites for hydroxylation is 2. The number of nitrogens with two attached hydrogens (primary N) is 1.